The maximum atomic E-state index is 12.1. The number of nitro benzene ring substituents is 1. The number of carboxylic acid groups (broad SMARTS) is 1. The van der Waals surface area contributed by atoms with Gasteiger partial charge in [0.25, 0.3) is 11.6 Å². The van der Waals surface area contributed by atoms with Crippen molar-refractivity contribution < 1.29 is 24.5 Å². The highest BCUT2D eigenvalue weighted by atomic mass is 16.6. The lowest BCUT2D eigenvalue weighted by atomic mass is 9.97. The zero-order valence-corrected chi connectivity index (χ0v) is 12.8. The monoisotopic (exact) mass is 321 g/mol. The van der Waals surface area contributed by atoms with Crippen molar-refractivity contribution in [1.82, 2.24) is 0 Å². The quantitative estimate of drug-likeness (QED) is 0.527. The fraction of sp³-hybridized carbons (Fsp3) is 0.467. The molecule has 0 atom stereocenters. The Morgan fingerprint density at radius 2 is 2.00 bits per heavy atom. The Labute approximate surface area is 133 Å². The van der Waals surface area contributed by atoms with Gasteiger partial charge < -0.3 is 20.1 Å². The minimum absolute atomic E-state index is 0.135. The van der Waals surface area contributed by atoms with Gasteiger partial charge in [-0.05, 0) is 18.6 Å². The van der Waals surface area contributed by atoms with Gasteiger partial charge in [-0.15, -0.1) is 0 Å². The van der Waals surface area contributed by atoms with Crippen LogP contribution in [0.15, 0.2) is 18.2 Å². The molecule has 1 heterocycles. The van der Waals surface area contributed by atoms with Crippen LogP contribution in [-0.4, -0.2) is 36.4 Å². The number of likely N-dealkylation sites (tertiary alicyclic amines) is 1. The third kappa shape index (κ3) is 4.49. The predicted octanol–water partition coefficient (Wildman–Crippen LogP) is -1.11. The van der Waals surface area contributed by atoms with E-state index in [2.05, 4.69) is 5.32 Å². The molecule has 0 radical (unpaired) electrons. The van der Waals surface area contributed by atoms with E-state index in [4.69, 9.17) is 0 Å². The fourth-order valence-corrected chi connectivity index (χ4v) is 2.76. The molecule has 0 aromatic heterocycles. The summed E-state index contributed by atoms with van der Waals surface area (Å²) in [4.78, 5) is 34.3. The number of aliphatic carboxylic acids is 1. The number of nitrogens with one attached hydrogen (secondary N) is 2. The van der Waals surface area contributed by atoms with E-state index in [9.17, 15) is 24.8 Å². The molecule has 23 heavy (non-hydrogen) atoms. The summed E-state index contributed by atoms with van der Waals surface area (Å²) in [6.07, 6.45) is 0.964. The summed E-state index contributed by atoms with van der Waals surface area (Å²) in [5, 5.41) is 24.4. The van der Waals surface area contributed by atoms with Crippen molar-refractivity contribution in [2.24, 2.45) is 5.92 Å². The molecule has 0 bridgehead atoms. The molecule has 0 saturated carbocycles. The van der Waals surface area contributed by atoms with Crippen LogP contribution in [-0.2, 0) is 9.59 Å². The Hall–Kier alpha value is -2.48. The summed E-state index contributed by atoms with van der Waals surface area (Å²) in [6.45, 7) is 3.04. The third-order valence-electron chi connectivity index (χ3n) is 4.06. The smallest absolute Gasteiger partial charge is 0.293 e. The molecule has 1 amide bonds. The number of nitro groups is 1. The van der Waals surface area contributed by atoms with Gasteiger partial charge in [0.05, 0.1) is 18.0 Å². The Balaban J connectivity index is 1.93. The summed E-state index contributed by atoms with van der Waals surface area (Å²) in [5.74, 6) is -1.80. The number of aryl methyl sites for hydroxylation is 1. The molecule has 0 unspecified atom stereocenters. The summed E-state index contributed by atoms with van der Waals surface area (Å²) in [5.41, 5.74) is 0.781. The van der Waals surface area contributed by atoms with E-state index < -0.39 is 16.8 Å². The van der Waals surface area contributed by atoms with Crippen molar-refractivity contribution in [2.75, 3.05) is 25.0 Å². The highest BCUT2D eigenvalue weighted by Gasteiger charge is 2.25. The number of anilines is 1. The third-order valence-corrected chi connectivity index (χ3v) is 4.06. The summed E-state index contributed by atoms with van der Waals surface area (Å²) >= 11 is 0. The molecule has 1 fully saturated rings. The SMILES string of the molecule is Cc1ccc(NC(=O)C[NH+]2CCC(C(=O)[O-])CC2)c([N+](=O)[O-])c1. The van der Waals surface area contributed by atoms with Crippen LogP contribution in [0.1, 0.15) is 18.4 Å². The average molecular weight is 321 g/mol. The molecule has 1 saturated heterocycles. The first-order chi connectivity index (χ1) is 10.9. The van der Waals surface area contributed by atoms with Gasteiger partial charge in [0.15, 0.2) is 6.54 Å². The van der Waals surface area contributed by atoms with E-state index in [0.717, 1.165) is 10.5 Å². The lowest BCUT2D eigenvalue weighted by Crippen LogP contribution is -3.14. The Bertz CT molecular complexity index is 624. The van der Waals surface area contributed by atoms with Gasteiger partial charge in [-0.2, -0.15) is 0 Å². The van der Waals surface area contributed by atoms with Crippen LogP contribution < -0.4 is 15.3 Å². The number of nitrogens with zero attached hydrogens (tertiary/aromatic N) is 1. The number of amides is 1. The van der Waals surface area contributed by atoms with Crippen molar-refractivity contribution in [3.8, 4) is 0 Å². The van der Waals surface area contributed by atoms with Crippen LogP contribution in [0.5, 0.6) is 0 Å². The van der Waals surface area contributed by atoms with Gasteiger partial charge in [0.2, 0.25) is 0 Å². The van der Waals surface area contributed by atoms with Gasteiger partial charge in [-0.25, -0.2) is 0 Å². The summed E-state index contributed by atoms with van der Waals surface area (Å²) in [7, 11) is 0. The number of hydrogen-bond donors (Lipinski definition) is 2. The Morgan fingerprint density at radius 1 is 1.35 bits per heavy atom. The molecule has 2 rings (SSSR count). The van der Waals surface area contributed by atoms with Crippen LogP contribution >= 0.6 is 0 Å². The lowest BCUT2D eigenvalue weighted by molar-refractivity contribution is -0.897. The number of rotatable bonds is 5. The molecular formula is C15H19N3O5. The highest BCUT2D eigenvalue weighted by molar-refractivity contribution is 5.93. The minimum Gasteiger partial charge on any atom is -0.550 e. The molecule has 1 aromatic rings. The Kier molecular flexibility index (Phi) is 5.28. The molecule has 124 valence electrons. The molecule has 2 N–H and O–H groups in total. The van der Waals surface area contributed by atoms with Crippen LogP contribution in [0.3, 0.4) is 0 Å². The minimum atomic E-state index is -1.04. The number of quaternary nitrogens is 1. The molecule has 8 heteroatoms. The van der Waals surface area contributed by atoms with Crippen LogP contribution in [0, 0.1) is 23.0 Å². The summed E-state index contributed by atoms with van der Waals surface area (Å²) < 4.78 is 0. The first-order valence-corrected chi connectivity index (χ1v) is 7.46. The molecule has 1 aliphatic heterocycles. The van der Waals surface area contributed by atoms with Crippen molar-refractivity contribution in [3.05, 3.63) is 33.9 Å². The van der Waals surface area contributed by atoms with E-state index in [1.54, 1.807) is 13.0 Å². The molecule has 0 aliphatic carbocycles. The first-order valence-electron chi connectivity index (χ1n) is 7.46. The average Bonchev–Trinajstić information content (AvgIpc) is 2.49. The van der Waals surface area contributed by atoms with E-state index in [-0.39, 0.29) is 23.8 Å². The van der Waals surface area contributed by atoms with E-state index in [0.29, 0.717) is 25.9 Å². The van der Waals surface area contributed by atoms with Crippen LogP contribution in [0.2, 0.25) is 0 Å². The number of hydrogen-bond acceptors (Lipinski definition) is 5. The van der Waals surface area contributed by atoms with Gasteiger partial charge in [-0.1, -0.05) is 6.07 Å². The first kappa shape index (κ1) is 16.9. The van der Waals surface area contributed by atoms with Gasteiger partial charge in [-0.3, -0.25) is 14.9 Å². The van der Waals surface area contributed by atoms with Crippen molar-refractivity contribution in [2.45, 2.75) is 19.8 Å². The largest absolute Gasteiger partial charge is 0.550 e. The van der Waals surface area contributed by atoms with Gasteiger partial charge >= 0.3 is 0 Å². The number of carboxylic acids is 1. The van der Waals surface area contributed by atoms with Crippen molar-refractivity contribution in [1.29, 1.82) is 0 Å². The highest BCUT2D eigenvalue weighted by Crippen LogP contribution is 2.25. The molecule has 1 aliphatic rings. The normalized spacial score (nSPS) is 20.7. The molecule has 1 aromatic carbocycles. The van der Waals surface area contributed by atoms with E-state index >= 15 is 0 Å². The van der Waals surface area contributed by atoms with Gasteiger partial charge in [0, 0.05) is 30.8 Å². The maximum absolute atomic E-state index is 12.1. The zero-order chi connectivity index (χ0) is 17.0. The van der Waals surface area contributed by atoms with E-state index in [1.807, 2.05) is 0 Å². The number of carbonyl (C=O) groups excluding carboxylic acids is 2. The molecule has 8 nitrogen and oxygen atoms in total. The fourth-order valence-electron chi connectivity index (χ4n) is 2.76. The predicted molar refractivity (Wildman–Crippen MR) is 79.8 cm³/mol. The van der Waals surface area contributed by atoms with Gasteiger partial charge in [0.1, 0.15) is 5.69 Å². The lowest BCUT2D eigenvalue weighted by Gasteiger charge is -2.29. The number of benzene rings is 1. The second kappa shape index (κ2) is 7.19. The number of piperidine rings is 1. The topological polar surface area (TPSA) is 117 Å². The second-order valence-electron chi connectivity index (χ2n) is 5.85. The molecule has 0 spiro atoms. The Morgan fingerprint density at radius 3 is 2.57 bits per heavy atom. The number of carbonyl (C=O) groups is 2. The van der Waals surface area contributed by atoms with Crippen molar-refractivity contribution >= 4 is 23.3 Å². The zero-order valence-electron chi connectivity index (χ0n) is 12.8. The standard InChI is InChI=1S/C15H19N3O5/c1-10-2-3-12(13(8-10)18(22)23)16-14(19)9-17-6-4-11(5-7-17)15(20)21/h2-3,8,11H,4-7,9H2,1H3,(H,16,19)(H,20,21). The second-order valence-corrected chi connectivity index (χ2v) is 5.85. The molecular weight excluding hydrogens is 302 g/mol. The summed E-state index contributed by atoms with van der Waals surface area (Å²) in [6, 6.07) is 4.62. The van der Waals surface area contributed by atoms with Crippen molar-refractivity contribution in [3.63, 3.8) is 0 Å². The maximum Gasteiger partial charge on any atom is 0.293 e. The van der Waals surface area contributed by atoms with Crippen LogP contribution in [0.4, 0.5) is 11.4 Å². The van der Waals surface area contributed by atoms with E-state index in [1.165, 1.54) is 12.1 Å². The van der Waals surface area contributed by atoms with Crippen LogP contribution in [0.25, 0.3) is 0 Å².